The summed E-state index contributed by atoms with van der Waals surface area (Å²) in [7, 11) is 0. The molecule has 8 heteroatoms. The number of halogens is 2. The molecule has 0 saturated carbocycles. The molecule has 1 aliphatic heterocycles. The molecule has 0 aromatic heterocycles. The van der Waals surface area contributed by atoms with Gasteiger partial charge in [0, 0.05) is 18.7 Å². The summed E-state index contributed by atoms with van der Waals surface area (Å²) in [6.45, 7) is 0.566. The van der Waals surface area contributed by atoms with E-state index in [0.717, 1.165) is 6.42 Å². The largest absolute Gasteiger partial charge is 0.481 e. The van der Waals surface area contributed by atoms with Crippen molar-refractivity contribution in [2.75, 3.05) is 11.4 Å². The van der Waals surface area contributed by atoms with E-state index in [9.17, 15) is 14.9 Å². The highest BCUT2D eigenvalue weighted by molar-refractivity contribution is 6.42. The Morgan fingerprint density at radius 2 is 2.10 bits per heavy atom. The van der Waals surface area contributed by atoms with Crippen LogP contribution in [0.5, 0.6) is 0 Å². The van der Waals surface area contributed by atoms with Crippen LogP contribution in [0.15, 0.2) is 12.1 Å². The van der Waals surface area contributed by atoms with Crippen molar-refractivity contribution in [1.29, 1.82) is 0 Å². The number of hydrogen-bond donors (Lipinski definition) is 1. The summed E-state index contributed by atoms with van der Waals surface area (Å²) in [5.41, 5.74) is 0.171. The van der Waals surface area contributed by atoms with Crippen LogP contribution in [0.3, 0.4) is 0 Å². The molecule has 1 saturated heterocycles. The van der Waals surface area contributed by atoms with Gasteiger partial charge in [-0.3, -0.25) is 14.9 Å². The minimum absolute atomic E-state index is 0.0581. The SMILES string of the molecule is O=C(O)CC1CCCN1c1cc(Cl)c(Cl)cc1[N+](=O)[O-]. The molecule has 1 heterocycles. The van der Waals surface area contributed by atoms with Gasteiger partial charge in [-0.1, -0.05) is 23.2 Å². The lowest BCUT2D eigenvalue weighted by Gasteiger charge is -2.25. The van der Waals surface area contributed by atoms with E-state index < -0.39 is 10.9 Å². The maximum atomic E-state index is 11.1. The van der Waals surface area contributed by atoms with Gasteiger partial charge in [0.1, 0.15) is 5.69 Å². The van der Waals surface area contributed by atoms with Gasteiger partial charge in [0.05, 0.1) is 21.4 Å². The van der Waals surface area contributed by atoms with Gasteiger partial charge in [-0.2, -0.15) is 0 Å². The van der Waals surface area contributed by atoms with Crippen LogP contribution < -0.4 is 4.90 Å². The van der Waals surface area contributed by atoms with Gasteiger partial charge in [-0.05, 0) is 18.9 Å². The number of carbonyl (C=O) groups is 1. The lowest BCUT2D eigenvalue weighted by Crippen LogP contribution is -2.31. The Labute approximate surface area is 125 Å². The molecule has 1 aromatic rings. The second kappa shape index (κ2) is 5.85. The maximum absolute atomic E-state index is 11.1. The first-order valence-electron chi connectivity index (χ1n) is 6.02. The predicted octanol–water partition coefficient (Wildman–Crippen LogP) is 3.35. The van der Waals surface area contributed by atoms with Crippen LogP contribution in [0.4, 0.5) is 11.4 Å². The van der Waals surface area contributed by atoms with E-state index in [0.29, 0.717) is 18.7 Å². The van der Waals surface area contributed by atoms with Gasteiger partial charge in [0.25, 0.3) is 5.69 Å². The van der Waals surface area contributed by atoms with Gasteiger partial charge >= 0.3 is 5.97 Å². The van der Waals surface area contributed by atoms with E-state index in [1.807, 2.05) is 0 Å². The van der Waals surface area contributed by atoms with Crippen LogP contribution in [0.2, 0.25) is 10.0 Å². The lowest BCUT2D eigenvalue weighted by atomic mass is 10.1. The summed E-state index contributed by atoms with van der Waals surface area (Å²) in [6, 6.07) is 2.38. The van der Waals surface area contributed by atoms with Crippen LogP contribution in [0.1, 0.15) is 19.3 Å². The quantitative estimate of drug-likeness (QED) is 0.679. The van der Waals surface area contributed by atoms with Crippen LogP contribution in [-0.2, 0) is 4.79 Å². The van der Waals surface area contributed by atoms with Crippen molar-refractivity contribution >= 4 is 40.5 Å². The second-order valence-corrected chi connectivity index (χ2v) is 5.41. The standard InChI is InChI=1S/C12H12Cl2N2O4/c13-8-5-10(11(16(19)20)6-9(8)14)15-3-1-2-7(15)4-12(17)18/h5-7H,1-4H2,(H,17,18). The van der Waals surface area contributed by atoms with Gasteiger partial charge in [-0.15, -0.1) is 0 Å². The van der Waals surface area contributed by atoms with E-state index in [2.05, 4.69) is 0 Å². The first kappa shape index (κ1) is 14.9. The number of carboxylic acids is 1. The van der Waals surface area contributed by atoms with E-state index in [1.165, 1.54) is 12.1 Å². The molecule has 0 radical (unpaired) electrons. The van der Waals surface area contributed by atoms with Crippen molar-refractivity contribution in [1.82, 2.24) is 0 Å². The molecule has 1 fully saturated rings. The minimum atomic E-state index is -0.926. The van der Waals surface area contributed by atoms with Crippen LogP contribution >= 0.6 is 23.2 Å². The molecule has 1 aliphatic rings. The zero-order valence-electron chi connectivity index (χ0n) is 10.4. The fraction of sp³-hybridized carbons (Fsp3) is 0.417. The molecule has 0 amide bonds. The van der Waals surface area contributed by atoms with E-state index in [-0.39, 0.29) is 28.2 Å². The number of aliphatic carboxylic acids is 1. The predicted molar refractivity (Wildman–Crippen MR) is 75.7 cm³/mol. The van der Waals surface area contributed by atoms with Crippen LogP contribution in [0.25, 0.3) is 0 Å². The molecule has 6 nitrogen and oxygen atoms in total. The number of hydrogen-bond acceptors (Lipinski definition) is 4. The highest BCUT2D eigenvalue weighted by Gasteiger charge is 2.31. The number of anilines is 1. The smallest absolute Gasteiger partial charge is 0.305 e. The van der Waals surface area contributed by atoms with Crippen molar-refractivity contribution in [3.63, 3.8) is 0 Å². The van der Waals surface area contributed by atoms with Crippen LogP contribution in [0, 0.1) is 10.1 Å². The molecule has 2 rings (SSSR count). The zero-order valence-corrected chi connectivity index (χ0v) is 11.9. The number of rotatable bonds is 4. The molecule has 1 atom stereocenters. The monoisotopic (exact) mass is 318 g/mol. The molecule has 1 unspecified atom stereocenters. The fourth-order valence-corrected chi connectivity index (χ4v) is 2.78. The minimum Gasteiger partial charge on any atom is -0.481 e. The fourth-order valence-electron chi connectivity index (χ4n) is 2.47. The molecule has 0 bridgehead atoms. The number of carboxylic acid groups (broad SMARTS) is 1. The third-order valence-corrected chi connectivity index (χ3v) is 4.03. The highest BCUT2D eigenvalue weighted by Crippen LogP contribution is 2.39. The highest BCUT2D eigenvalue weighted by atomic mass is 35.5. The Morgan fingerprint density at radius 3 is 2.70 bits per heavy atom. The molecular weight excluding hydrogens is 307 g/mol. The number of nitro groups is 1. The molecule has 20 heavy (non-hydrogen) atoms. The zero-order chi connectivity index (χ0) is 14.9. The molecule has 1 aromatic carbocycles. The Kier molecular flexibility index (Phi) is 4.35. The van der Waals surface area contributed by atoms with Gasteiger partial charge < -0.3 is 10.0 Å². The van der Waals surface area contributed by atoms with Crippen molar-refractivity contribution in [3.8, 4) is 0 Å². The average molecular weight is 319 g/mol. The summed E-state index contributed by atoms with van der Waals surface area (Å²) >= 11 is 11.7. The first-order valence-corrected chi connectivity index (χ1v) is 6.77. The normalized spacial score (nSPS) is 18.3. The third-order valence-electron chi connectivity index (χ3n) is 3.31. The molecule has 1 N–H and O–H groups in total. The number of benzene rings is 1. The van der Waals surface area contributed by atoms with Gasteiger partial charge in [0.15, 0.2) is 0 Å². The molecular formula is C12H12Cl2N2O4. The number of nitrogens with zero attached hydrogens (tertiary/aromatic N) is 2. The summed E-state index contributed by atoms with van der Waals surface area (Å²) in [5.74, 6) is -0.926. The summed E-state index contributed by atoms with van der Waals surface area (Å²) in [5, 5.41) is 20.4. The summed E-state index contributed by atoms with van der Waals surface area (Å²) in [4.78, 5) is 23.2. The van der Waals surface area contributed by atoms with Gasteiger partial charge in [0.2, 0.25) is 0 Å². The lowest BCUT2D eigenvalue weighted by molar-refractivity contribution is -0.384. The van der Waals surface area contributed by atoms with Gasteiger partial charge in [-0.25, -0.2) is 0 Å². The molecule has 108 valence electrons. The summed E-state index contributed by atoms with van der Waals surface area (Å²) < 4.78 is 0. The molecule has 0 aliphatic carbocycles. The Bertz CT molecular complexity index is 565. The Morgan fingerprint density at radius 1 is 1.45 bits per heavy atom. The Hall–Kier alpha value is -1.53. The number of nitro benzene ring substituents is 1. The van der Waals surface area contributed by atoms with Crippen molar-refractivity contribution in [2.24, 2.45) is 0 Å². The van der Waals surface area contributed by atoms with E-state index in [4.69, 9.17) is 28.3 Å². The van der Waals surface area contributed by atoms with Crippen LogP contribution in [-0.4, -0.2) is 28.6 Å². The van der Waals surface area contributed by atoms with Crippen molar-refractivity contribution in [3.05, 3.63) is 32.3 Å². The maximum Gasteiger partial charge on any atom is 0.305 e. The average Bonchev–Trinajstić information content (AvgIpc) is 2.79. The van der Waals surface area contributed by atoms with Crippen molar-refractivity contribution in [2.45, 2.75) is 25.3 Å². The topological polar surface area (TPSA) is 83.7 Å². The van der Waals surface area contributed by atoms with Crippen molar-refractivity contribution < 1.29 is 14.8 Å². The van der Waals surface area contributed by atoms with E-state index >= 15 is 0 Å². The first-order chi connectivity index (χ1) is 9.40. The second-order valence-electron chi connectivity index (χ2n) is 4.60. The Balaban J connectivity index is 2.42. The molecule has 0 spiro atoms. The third kappa shape index (κ3) is 2.96. The van der Waals surface area contributed by atoms with E-state index in [1.54, 1.807) is 4.90 Å². The summed E-state index contributed by atoms with van der Waals surface area (Å²) in [6.07, 6.45) is 1.41.